The van der Waals surface area contributed by atoms with Crippen molar-refractivity contribution in [3.05, 3.63) is 18.0 Å². The minimum absolute atomic E-state index is 0.00507. The standard InChI is InChI=1S/C20H25F5N4O5S/c1-19(5-7-35(31,32)8-6-19)28-18(30)17-26-13-3-4-15(27-16(13)29(17)2)34-10-12(9-20(23,24)25)33-11-14(21)22/h3-4,12,14H,5-11H2,1-2H3,(H,28,30). The fraction of sp³-hybridized carbons (Fsp3) is 0.650. The Bertz CT molecular complexity index is 1150. The van der Waals surface area contributed by atoms with E-state index >= 15 is 0 Å². The van der Waals surface area contributed by atoms with Gasteiger partial charge in [0.2, 0.25) is 11.7 Å². The second kappa shape index (κ2) is 10.2. The van der Waals surface area contributed by atoms with Crippen molar-refractivity contribution in [1.82, 2.24) is 19.9 Å². The smallest absolute Gasteiger partial charge is 0.391 e. The number of aryl methyl sites for hydroxylation is 1. The molecule has 0 aromatic carbocycles. The number of nitrogens with zero attached hydrogens (tertiary/aromatic N) is 3. The molecule has 0 radical (unpaired) electrons. The summed E-state index contributed by atoms with van der Waals surface area (Å²) in [6.07, 6.45) is -10.2. The van der Waals surface area contributed by atoms with Crippen LogP contribution in [0.25, 0.3) is 11.2 Å². The Morgan fingerprint density at radius 2 is 1.86 bits per heavy atom. The number of alkyl halides is 5. The lowest BCUT2D eigenvalue weighted by Crippen LogP contribution is -2.51. The van der Waals surface area contributed by atoms with Crippen molar-refractivity contribution < 1.29 is 44.6 Å². The highest BCUT2D eigenvalue weighted by Gasteiger charge is 2.36. The number of pyridine rings is 1. The van der Waals surface area contributed by atoms with E-state index in [-0.39, 0.29) is 41.7 Å². The summed E-state index contributed by atoms with van der Waals surface area (Å²) >= 11 is 0. The van der Waals surface area contributed by atoms with Crippen LogP contribution in [0.4, 0.5) is 22.0 Å². The third kappa shape index (κ3) is 7.46. The number of imidazole rings is 1. The van der Waals surface area contributed by atoms with Crippen LogP contribution in [-0.4, -0.2) is 77.8 Å². The molecule has 1 atom stereocenters. The highest BCUT2D eigenvalue weighted by Crippen LogP contribution is 2.26. The first kappa shape index (κ1) is 27.0. The number of hydrogen-bond donors (Lipinski definition) is 1. The first-order valence-corrected chi connectivity index (χ1v) is 12.4. The van der Waals surface area contributed by atoms with Crippen molar-refractivity contribution in [2.24, 2.45) is 7.05 Å². The molecule has 9 nitrogen and oxygen atoms in total. The van der Waals surface area contributed by atoms with Crippen LogP contribution in [0, 0.1) is 0 Å². The molecule has 1 amide bonds. The lowest BCUT2D eigenvalue weighted by molar-refractivity contribution is -0.169. The molecule has 3 heterocycles. The largest absolute Gasteiger partial charge is 0.475 e. The van der Waals surface area contributed by atoms with E-state index in [1.807, 2.05) is 0 Å². The van der Waals surface area contributed by atoms with Crippen LogP contribution in [0.1, 0.15) is 36.8 Å². The molecule has 2 aromatic heterocycles. The Hall–Kier alpha value is -2.55. The first-order chi connectivity index (χ1) is 16.2. The molecular weight excluding hydrogens is 503 g/mol. The minimum atomic E-state index is -4.64. The van der Waals surface area contributed by atoms with E-state index in [1.54, 1.807) is 6.92 Å². The fourth-order valence-corrected chi connectivity index (χ4v) is 5.31. The van der Waals surface area contributed by atoms with E-state index in [2.05, 4.69) is 20.0 Å². The number of carbonyl (C=O) groups excluding carboxylic acids is 1. The van der Waals surface area contributed by atoms with Crippen LogP contribution in [0.3, 0.4) is 0 Å². The molecule has 15 heteroatoms. The molecular formula is C20H25F5N4O5S. The molecule has 3 rings (SSSR count). The van der Waals surface area contributed by atoms with Gasteiger partial charge in [-0.2, -0.15) is 18.2 Å². The Morgan fingerprint density at radius 1 is 1.20 bits per heavy atom. The van der Waals surface area contributed by atoms with Crippen molar-refractivity contribution in [2.75, 3.05) is 24.7 Å². The van der Waals surface area contributed by atoms with Gasteiger partial charge in [-0.15, -0.1) is 0 Å². The molecule has 0 spiro atoms. The van der Waals surface area contributed by atoms with Crippen LogP contribution in [0.5, 0.6) is 5.88 Å². The Morgan fingerprint density at radius 3 is 2.46 bits per heavy atom. The van der Waals surface area contributed by atoms with Gasteiger partial charge in [0, 0.05) is 18.7 Å². The molecule has 196 valence electrons. The summed E-state index contributed by atoms with van der Waals surface area (Å²) in [5, 5.41) is 2.82. The number of carbonyl (C=O) groups is 1. The van der Waals surface area contributed by atoms with Gasteiger partial charge in [0.1, 0.15) is 34.7 Å². The maximum absolute atomic E-state index is 12.8. The number of nitrogens with one attached hydrogen (secondary N) is 1. The Balaban J connectivity index is 1.71. The van der Waals surface area contributed by atoms with Crippen molar-refractivity contribution in [3.63, 3.8) is 0 Å². The summed E-state index contributed by atoms with van der Waals surface area (Å²) < 4.78 is 97.4. The lowest BCUT2D eigenvalue weighted by atomic mass is 9.95. The molecule has 0 bridgehead atoms. The summed E-state index contributed by atoms with van der Waals surface area (Å²) in [5.74, 6) is -0.727. The van der Waals surface area contributed by atoms with Gasteiger partial charge < -0.3 is 19.4 Å². The molecule has 0 aliphatic carbocycles. The summed E-state index contributed by atoms with van der Waals surface area (Å²) in [6.45, 7) is -0.0846. The zero-order valence-electron chi connectivity index (χ0n) is 18.9. The molecule has 1 aliphatic heterocycles. The first-order valence-electron chi connectivity index (χ1n) is 10.6. The summed E-state index contributed by atoms with van der Waals surface area (Å²) in [4.78, 5) is 21.2. The molecule has 1 fully saturated rings. The third-order valence-electron chi connectivity index (χ3n) is 5.57. The van der Waals surface area contributed by atoms with Gasteiger partial charge >= 0.3 is 6.18 Å². The topological polar surface area (TPSA) is 112 Å². The number of halogens is 5. The normalized spacial score (nSPS) is 18.5. The zero-order chi connectivity index (χ0) is 26.0. The molecule has 1 N–H and O–H groups in total. The molecule has 0 saturated carbocycles. The summed E-state index contributed by atoms with van der Waals surface area (Å²) in [5.41, 5.74) is -0.222. The number of fused-ring (bicyclic) bond motifs is 1. The predicted molar refractivity (Wildman–Crippen MR) is 114 cm³/mol. The monoisotopic (exact) mass is 528 g/mol. The van der Waals surface area contributed by atoms with Gasteiger partial charge in [0.25, 0.3) is 12.3 Å². The van der Waals surface area contributed by atoms with Gasteiger partial charge in [-0.1, -0.05) is 0 Å². The van der Waals surface area contributed by atoms with Crippen LogP contribution >= 0.6 is 0 Å². The zero-order valence-corrected chi connectivity index (χ0v) is 19.8. The van der Waals surface area contributed by atoms with Crippen molar-refractivity contribution in [2.45, 2.75) is 50.4 Å². The minimum Gasteiger partial charge on any atom is -0.475 e. The van der Waals surface area contributed by atoms with Crippen molar-refractivity contribution in [1.29, 1.82) is 0 Å². The average Bonchev–Trinajstić information content (AvgIpc) is 3.08. The van der Waals surface area contributed by atoms with E-state index in [9.17, 15) is 35.2 Å². The number of aromatic nitrogens is 3. The van der Waals surface area contributed by atoms with Crippen LogP contribution in [0.15, 0.2) is 12.1 Å². The van der Waals surface area contributed by atoms with Crippen LogP contribution in [-0.2, 0) is 21.6 Å². The summed E-state index contributed by atoms with van der Waals surface area (Å²) in [6, 6.07) is 2.77. The fourth-order valence-electron chi connectivity index (χ4n) is 3.59. The molecule has 1 unspecified atom stereocenters. The number of hydrogen-bond acceptors (Lipinski definition) is 7. The van der Waals surface area contributed by atoms with Crippen LogP contribution < -0.4 is 10.1 Å². The van der Waals surface area contributed by atoms with Crippen LogP contribution in [0.2, 0.25) is 0 Å². The van der Waals surface area contributed by atoms with Gasteiger partial charge in [-0.25, -0.2) is 22.2 Å². The van der Waals surface area contributed by atoms with Gasteiger partial charge in [0.05, 0.1) is 17.9 Å². The Kier molecular flexibility index (Phi) is 7.89. The number of sulfone groups is 1. The van der Waals surface area contributed by atoms with Gasteiger partial charge in [-0.05, 0) is 25.8 Å². The van der Waals surface area contributed by atoms with E-state index in [4.69, 9.17) is 4.74 Å². The molecule has 35 heavy (non-hydrogen) atoms. The van der Waals surface area contributed by atoms with Gasteiger partial charge in [0.15, 0.2) is 5.65 Å². The van der Waals surface area contributed by atoms with Crippen molar-refractivity contribution >= 4 is 26.9 Å². The highest BCUT2D eigenvalue weighted by molar-refractivity contribution is 7.91. The molecule has 1 saturated heterocycles. The number of ether oxygens (including phenoxy) is 2. The third-order valence-corrected chi connectivity index (χ3v) is 7.23. The number of rotatable bonds is 9. The second-order valence-corrected chi connectivity index (χ2v) is 10.9. The number of amides is 1. The molecule has 2 aromatic rings. The van der Waals surface area contributed by atoms with Gasteiger partial charge in [-0.3, -0.25) is 4.79 Å². The maximum Gasteiger partial charge on any atom is 0.391 e. The maximum atomic E-state index is 12.8. The van der Waals surface area contributed by atoms with E-state index in [0.29, 0.717) is 5.52 Å². The average molecular weight is 529 g/mol. The van der Waals surface area contributed by atoms with E-state index < -0.39 is 59.6 Å². The Labute approximate surface area is 197 Å². The predicted octanol–water partition coefficient (Wildman–Crippen LogP) is 2.65. The van der Waals surface area contributed by atoms with E-state index in [0.717, 1.165) is 0 Å². The highest BCUT2D eigenvalue weighted by atomic mass is 32.2. The molecule has 1 aliphatic rings. The van der Waals surface area contributed by atoms with E-state index in [1.165, 1.54) is 23.7 Å². The van der Waals surface area contributed by atoms with Crippen molar-refractivity contribution in [3.8, 4) is 5.88 Å². The quantitative estimate of drug-likeness (QED) is 0.498. The SMILES string of the molecule is Cn1c(C(=O)NC2(C)CCS(=O)(=O)CC2)nc2ccc(OCC(CC(F)(F)F)OCC(F)F)nc21. The second-order valence-electron chi connectivity index (χ2n) is 8.63. The summed E-state index contributed by atoms with van der Waals surface area (Å²) in [7, 11) is -1.62. The lowest BCUT2D eigenvalue weighted by Gasteiger charge is -2.34.